The summed E-state index contributed by atoms with van der Waals surface area (Å²) in [4.78, 5) is 14.6. The second-order valence-electron chi connectivity index (χ2n) is 1.97. The van der Waals surface area contributed by atoms with Crippen molar-refractivity contribution in [1.29, 1.82) is 0 Å². The molecule has 11 heavy (non-hydrogen) atoms. The Morgan fingerprint density at radius 3 is 2.91 bits per heavy atom. The van der Waals surface area contributed by atoms with Gasteiger partial charge in [-0.25, -0.2) is 4.98 Å². The van der Waals surface area contributed by atoms with Gasteiger partial charge in [0.15, 0.2) is 5.13 Å². The highest BCUT2D eigenvalue weighted by Crippen LogP contribution is 2.17. The van der Waals surface area contributed by atoms with Crippen LogP contribution in [0.4, 0.5) is 10.9 Å². The highest BCUT2D eigenvalue weighted by atomic mass is 32.1. The average Bonchev–Trinajstić information content (AvgIpc) is 2.34. The third-order valence-corrected chi connectivity index (χ3v) is 1.80. The molecule has 0 saturated heterocycles. The van der Waals surface area contributed by atoms with Crippen molar-refractivity contribution in [1.82, 2.24) is 4.98 Å². The number of aromatic nitrogens is 1. The number of thiazole rings is 1. The molecule has 0 saturated carbocycles. The normalized spacial score (nSPS) is 9.27. The average molecular weight is 171 g/mol. The van der Waals surface area contributed by atoms with Crippen LogP contribution in [0.25, 0.3) is 0 Å². The van der Waals surface area contributed by atoms with Gasteiger partial charge in [-0.2, -0.15) is 0 Å². The monoisotopic (exact) mass is 171 g/mol. The zero-order valence-electron chi connectivity index (χ0n) is 6.34. The van der Waals surface area contributed by atoms with E-state index in [1.807, 2.05) is 5.38 Å². The van der Waals surface area contributed by atoms with Gasteiger partial charge in [0.25, 0.3) is 0 Å². The van der Waals surface area contributed by atoms with Crippen LogP contribution in [0.15, 0.2) is 5.38 Å². The Balaban J connectivity index is 2.65. The van der Waals surface area contributed by atoms with Crippen molar-refractivity contribution >= 4 is 28.2 Å². The Morgan fingerprint density at radius 2 is 2.45 bits per heavy atom. The first kappa shape index (κ1) is 8.00. The minimum absolute atomic E-state index is 0.0954. The third kappa shape index (κ3) is 2.19. The van der Waals surface area contributed by atoms with Gasteiger partial charge in [-0.3, -0.25) is 4.79 Å². The van der Waals surface area contributed by atoms with E-state index in [0.717, 1.165) is 5.82 Å². The lowest BCUT2D eigenvalue weighted by atomic mass is 10.7. The summed E-state index contributed by atoms with van der Waals surface area (Å²) in [5.41, 5.74) is 0. The van der Waals surface area contributed by atoms with E-state index in [1.54, 1.807) is 7.05 Å². The van der Waals surface area contributed by atoms with E-state index in [0.29, 0.717) is 5.13 Å². The van der Waals surface area contributed by atoms with Gasteiger partial charge < -0.3 is 10.6 Å². The summed E-state index contributed by atoms with van der Waals surface area (Å²) in [6.07, 6.45) is 0. The molecule has 0 radical (unpaired) electrons. The molecular formula is C6H9N3OS. The van der Waals surface area contributed by atoms with Gasteiger partial charge in [0.2, 0.25) is 5.91 Å². The number of carbonyl (C=O) groups excluding carboxylic acids is 1. The van der Waals surface area contributed by atoms with Crippen LogP contribution in [-0.4, -0.2) is 17.9 Å². The van der Waals surface area contributed by atoms with Gasteiger partial charge in [0, 0.05) is 19.4 Å². The molecule has 4 nitrogen and oxygen atoms in total. The van der Waals surface area contributed by atoms with Crippen molar-refractivity contribution in [2.45, 2.75) is 6.92 Å². The molecule has 2 N–H and O–H groups in total. The van der Waals surface area contributed by atoms with Gasteiger partial charge in [-0.15, -0.1) is 11.3 Å². The lowest BCUT2D eigenvalue weighted by molar-refractivity contribution is -0.114. The largest absolute Gasteiger partial charge is 0.372 e. The number of nitrogens with one attached hydrogen (secondary N) is 2. The van der Waals surface area contributed by atoms with Gasteiger partial charge in [0.1, 0.15) is 5.82 Å². The van der Waals surface area contributed by atoms with Crippen molar-refractivity contribution in [3.8, 4) is 0 Å². The SMILES string of the molecule is CNc1csc(NC(C)=O)n1. The number of carbonyl (C=O) groups is 1. The molecule has 60 valence electrons. The molecule has 1 aromatic heterocycles. The Labute approximate surface area is 68.6 Å². The van der Waals surface area contributed by atoms with Gasteiger partial charge in [0.05, 0.1) is 0 Å². The highest BCUT2D eigenvalue weighted by molar-refractivity contribution is 7.14. The second kappa shape index (κ2) is 3.34. The van der Waals surface area contributed by atoms with Crippen LogP contribution in [0.3, 0.4) is 0 Å². The summed E-state index contributed by atoms with van der Waals surface area (Å²) >= 11 is 1.40. The van der Waals surface area contributed by atoms with Crippen LogP contribution in [0, 0.1) is 0 Å². The number of hydrogen-bond acceptors (Lipinski definition) is 4. The fourth-order valence-electron chi connectivity index (χ4n) is 0.597. The summed E-state index contributed by atoms with van der Waals surface area (Å²) in [6, 6.07) is 0. The van der Waals surface area contributed by atoms with E-state index in [4.69, 9.17) is 0 Å². The molecule has 1 aromatic rings. The van der Waals surface area contributed by atoms with Crippen molar-refractivity contribution in [3.63, 3.8) is 0 Å². The Hall–Kier alpha value is -1.10. The fourth-order valence-corrected chi connectivity index (χ4v) is 1.34. The lowest BCUT2D eigenvalue weighted by Crippen LogP contribution is -2.05. The van der Waals surface area contributed by atoms with Gasteiger partial charge in [-0.1, -0.05) is 0 Å². The van der Waals surface area contributed by atoms with Crippen molar-refractivity contribution < 1.29 is 4.79 Å². The van der Waals surface area contributed by atoms with Crippen LogP contribution < -0.4 is 10.6 Å². The van der Waals surface area contributed by atoms with E-state index >= 15 is 0 Å². The van der Waals surface area contributed by atoms with Crippen molar-refractivity contribution in [3.05, 3.63) is 5.38 Å². The first-order valence-corrected chi connectivity index (χ1v) is 4.01. The first-order chi connectivity index (χ1) is 5.22. The van der Waals surface area contributed by atoms with Crippen LogP contribution in [0.1, 0.15) is 6.92 Å². The molecule has 0 aliphatic rings. The van der Waals surface area contributed by atoms with E-state index in [1.165, 1.54) is 18.3 Å². The van der Waals surface area contributed by atoms with Crippen LogP contribution in [0.5, 0.6) is 0 Å². The number of anilines is 2. The second-order valence-corrected chi connectivity index (χ2v) is 2.83. The standard InChI is InChI=1S/C6H9N3OS/c1-4(10)8-6-9-5(7-2)3-11-6/h3,7H,1-2H3,(H,8,9,10). The molecule has 0 spiro atoms. The van der Waals surface area contributed by atoms with Crippen molar-refractivity contribution in [2.24, 2.45) is 0 Å². The number of hydrogen-bond donors (Lipinski definition) is 2. The molecule has 0 aliphatic heterocycles. The Bertz CT molecular complexity index is 258. The molecule has 0 aromatic carbocycles. The summed E-state index contributed by atoms with van der Waals surface area (Å²) in [5, 5.41) is 7.92. The van der Waals surface area contributed by atoms with E-state index < -0.39 is 0 Å². The summed E-state index contributed by atoms with van der Waals surface area (Å²) < 4.78 is 0. The quantitative estimate of drug-likeness (QED) is 0.701. The fraction of sp³-hybridized carbons (Fsp3) is 0.333. The van der Waals surface area contributed by atoms with E-state index in [9.17, 15) is 4.79 Å². The van der Waals surface area contributed by atoms with Crippen LogP contribution in [-0.2, 0) is 4.79 Å². The lowest BCUT2D eigenvalue weighted by Gasteiger charge is -1.93. The van der Waals surface area contributed by atoms with E-state index in [2.05, 4.69) is 15.6 Å². The topological polar surface area (TPSA) is 54.0 Å². The smallest absolute Gasteiger partial charge is 0.223 e. The Kier molecular flexibility index (Phi) is 2.43. The summed E-state index contributed by atoms with van der Waals surface area (Å²) in [5.74, 6) is 0.681. The number of nitrogens with zero attached hydrogens (tertiary/aromatic N) is 1. The maximum atomic E-state index is 10.5. The molecule has 1 heterocycles. The molecule has 0 aliphatic carbocycles. The molecule has 0 fully saturated rings. The predicted octanol–water partition coefficient (Wildman–Crippen LogP) is 1.14. The molecule has 0 unspecified atom stereocenters. The molecule has 1 rings (SSSR count). The number of rotatable bonds is 2. The predicted molar refractivity (Wildman–Crippen MR) is 46.0 cm³/mol. The van der Waals surface area contributed by atoms with Crippen molar-refractivity contribution in [2.75, 3.05) is 17.7 Å². The van der Waals surface area contributed by atoms with E-state index in [-0.39, 0.29) is 5.91 Å². The summed E-state index contributed by atoms with van der Waals surface area (Å²) in [6.45, 7) is 1.46. The Morgan fingerprint density at radius 1 is 1.73 bits per heavy atom. The molecule has 5 heteroatoms. The maximum Gasteiger partial charge on any atom is 0.223 e. The third-order valence-electron chi connectivity index (χ3n) is 1.04. The zero-order chi connectivity index (χ0) is 8.27. The minimum atomic E-state index is -0.0954. The first-order valence-electron chi connectivity index (χ1n) is 3.13. The maximum absolute atomic E-state index is 10.5. The zero-order valence-corrected chi connectivity index (χ0v) is 7.16. The van der Waals surface area contributed by atoms with Crippen LogP contribution >= 0.6 is 11.3 Å². The highest BCUT2D eigenvalue weighted by Gasteiger charge is 1.99. The molecule has 0 bridgehead atoms. The molecule has 1 amide bonds. The van der Waals surface area contributed by atoms with Crippen LogP contribution in [0.2, 0.25) is 0 Å². The number of amides is 1. The molecule has 0 atom stereocenters. The minimum Gasteiger partial charge on any atom is -0.372 e. The molecular weight excluding hydrogens is 162 g/mol. The van der Waals surface area contributed by atoms with Gasteiger partial charge >= 0.3 is 0 Å². The summed E-state index contributed by atoms with van der Waals surface area (Å²) in [7, 11) is 1.78. The van der Waals surface area contributed by atoms with Gasteiger partial charge in [-0.05, 0) is 0 Å².